The van der Waals surface area contributed by atoms with Crippen LogP contribution in [0.3, 0.4) is 0 Å². The average Bonchev–Trinajstić information content (AvgIpc) is 2.83. The first kappa shape index (κ1) is 37.2. The first-order valence-corrected chi connectivity index (χ1v) is 10.5. The van der Waals surface area contributed by atoms with Crippen molar-refractivity contribution in [1.82, 2.24) is 0 Å². The number of phosphoric acid groups is 1. The van der Waals surface area contributed by atoms with E-state index in [-0.39, 0.29) is 18.9 Å². The summed E-state index contributed by atoms with van der Waals surface area (Å²) in [7, 11) is -4.80. The number of aliphatic hydroxyl groups is 11. The Morgan fingerprint density at radius 3 is 1.24 bits per heavy atom. The molecule has 19 heteroatoms. The predicted molar refractivity (Wildman–Crippen MR) is 104 cm³/mol. The molecule has 0 aliphatic rings. The van der Waals surface area contributed by atoms with Gasteiger partial charge in [-0.1, -0.05) is 0 Å². The largest absolute Gasteiger partial charge is 0.469 e. The fraction of sp³-hybridized carbons (Fsp3) is 0.800. The molecule has 34 heavy (non-hydrogen) atoms. The molecular weight excluding hydrogens is 499 g/mol. The molecule has 1 unspecified atom stereocenters. The molecule has 0 heterocycles. The number of phosphoric ester groups is 1. The fourth-order valence-electron chi connectivity index (χ4n) is 1.44. The van der Waals surface area contributed by atoms with Crippen molar-refractivity contribution in [3.63, 3.8) is 0 Å². The number of hydrogen-bond acceptors (Lipinski definition) is 16. The third-order valence-corrected chi connectivity index (χ3v) is 3.90. The number of hydrogen-bond donors (Lipinski definition) is 13. The van der Waals surface area contributed by atoms with E-state index in [1.807, 2.05) is 0 Å². The molecule has 0 radical (unpaired) electrons. The summed E-state index contributed by atoms with van der Waals surface area (Å²) in [6.45, 7) is -2.21. The Hall–Kier alpha value is -1.32. The monoisotopic (exact) mass is 530 g/mol. The van der Waals surface area contributed by atoms with Crippen molar-refractivity contribution >= 4 is 26.7 Å². The summed E-state index contributed by atoms with van der Waals surface area (Å²) >= 11 is 0. The van der Waals surface area contributed by atoms with Gasteiger partial charge in [0, 0.05) is 0 Å². The van der Waals surface area contributed by atoms with E-state index in [9.17, 15) is 18.9 Å². The lowest BCUT2D eigenvalue weighted by Gasteiger charge is -2.23. The van der Waals surface area contributed by atoms with E-state index < -0.39 is 82.6 Å². The molecular formula is C15H31O18P. The lowest BCUT2D eigenvalue weighted by Crippen LogP contribution is -2.46. The zero-order chi connectivity index (χ0) is 27.6. The number of aldehydes is 3. The van der Waals surface area contributed by atoms with E-state index in [2.05, 4.69) is 4.52 Å². The normalized spacial score (nSPS) is 19.2. The summed E-state index contributed by atoms with van der Waals surface area (Å²) in [5.74, 6) is 0. The van der Waals surface area contributed by atoms with Crippen LogP contribution < -0.4 is 0 Å². The third-order valence-electron chi connectivity index (χ3n) is 3.41. The standard InChI is InChI=1S/C6H13O9P.C6H12O6.C3H6O3/c7-1-3(8)5(10)6(11)4(9)2-15-16(12,13)14;7-1-3(9)5(11)6(12)4(10)2-8;4-1-3(6)2-5/h1,3-6,8-11H,2H2,(H2,12,13,14);1,3-6,8-12H,2H2;1,3,5-6H,2H2/t3-,4+,5+,6+;3-,4+,5-,6-;/m00./s1. The van der Waals surface area contributed by atoms with Crippen molar-refractivity contribution in [3.05, 3.63) is 0 Å². The van der Waals surface area contributed by atoms with Crippen LogP contribution in [0.4, 0.5) is 0 Å². The van der Waals surface area contributed by atoms with Crippen LogP contribution in [0.25, 0.3) is 0 Å². The molecule has 18 nitrogen and oxygen atoms in total. The molecule has 204 valence electrons. The SMILES string of the molecule is O=CC(O)CO.O=C[C@H](O)[C@@H](O)[C@H](O)[C@H](O)COP(=O)(O)O.O=C[C@H](O)[C@H](O)[C@@H](O)[C@H](O)CO. The van der Waals surface area contributed by atoms with Gasteiger partial charge in [-0.05, 0) is 0 Å². The highest BCUT2D eigenvalue weighted by molar-refractivity contribution is 7.46. The van der Waals surface area contributed by atoms with Gasteiger partial charge in [-0.25, -0.2) is 4.57 Å². The van der Waals surface area contributed by atoms with Gasteiger partial charge in [-0.15, -0.1) is 0 Å². The summed E-state index contributed by atoms with van der Waals surface area (Å²) < 4.78 is 14.1. The van der Waals surface area contributed by atoms with Gasteiger partial charge < -0.3 is 80.3 Å². The first-order valence-electron chi connectivity index (χ1n) is 8.94. The van der Waals surface area contributed by atoms with Crippen LogP contribution in [-0.2, 0) is 23.5 Å². The molecule has 13 N–H and O–H groups in total. The van der Waals surface area contributed by atoms with Crippen LogP contribution >= 0.6 is 7.82 Å². The summed E-state index contributed by atoms with van der Waals surface area (Å²) in [6.07, 6.45) is -15.6. The minimum absolute atomic E-state index is 0.0258. The second-order valence-corrected chi connectivity index (χ2v) is 7.44. The molecule has 0 spiro atoms. The van der Waals surface area contributed by atoms with E-state index in [0.29, 0.717) is 0 Å². The van der Waals surface area contributed by atoms with E-state index in [0.717, 1.165) is 0 Å². The molecule has 0 aromatic heterocycles. The zero-order valence-corrected chi connectivity index (χ0v) is 18.2. The van der Waals surface area contributed by atoms with E-state index in [4.69, 9.17) is 66.0 Å². The number of aliphatic hydroxyl groups excluding tert-OH is 11. The summed E-state index contributed by atoms with van der Waals surface area (Å²) in [4.78, 5) is 45.8. The van der Waals surface area contributed by atoms with Crippen LogP contribution in [0.5, 0.6) is 0 Å². The molecule has 0 aliphatic heterocycles. The van der Waals surface area contributed by atoms with E-state index in [1.54, 1.807) is 0 Å². The third kappa shape index (κ3) is 18.1. The Bertz CT molecular complexity index is 586. The van der Waals surface area contributed by atoms with Crippen molar-refractivity contribution in [1.29, 1.82) is 0 Å². The molecule has 0 aromatic rings. The van der Waals surface area contributed by atoms with Gasteiger partial charge in [-0.2, -0.15) is 0 Å². The van der Waals surface area contributed by atoms with Crippen LogP contribution in [0.2, 0.25) is 0 Å². The van der Waals surface area contributed by atoms with Gasteiger partial charge >= 0.3 is 7.82 Å². The number of rotatable bonds is 14. The van der Waals surface area contributed by atoms with Crippen molar-refractivity contribution < 1.29 is 89.4 Å². The van der Waals surface area contributed by atoms with Crippen LogP contribution in [0.1, 0.15) is 0 Å². The highest BCUT2D eigenvalue weighted by atomic mass is 31.2. The Kier molecular flexibility index (Phi) is 21.8. The Balaban J connectivity index is -0.000000469. The molecule has 0 bridgehead atoms. The minimum Gasteiger partial charge on any atom is -0.394 e. The van der Waals surface area contributed by atoms with Crippen molar-refractivity contribution in [2.45, 2.75) is 54.9 Å². The summed E-state index contributed by atoms with van der Waals surface area (Å²) in [5.41, 5.74) is 0. The van der Waals surface area contributed by atoms with Gasteiger partial charge in [0.2, 0.25) is 0 Å². The highest BCUT2D eigenvalue weighted by Crippen LogP contribution is 2.35. The van der Waals surface area contributed by atoms with Gasteiger partial charge in [0.05, 0.1) is 19.8 Å². The van der Waals surface area contributed by atoms with E-state index >= 15 is 0 Å². The molecule has 0 aromatic carbocycles. The maximum atomic E-state index is 10.2. The van der Waals surface area contributed by atoms with Crippen LogP contribution in [-0.4, -0.2) is 160 Å². The number of carbonyl (C=O) groups excluding carboxylic acids is 3. The molecule has 0 aliphatic carbocycles. The van der Waals surface area contributed by atoms with Crippen LogP contribution in [0, 0.1) is 0 Å². The second-order valence-electron chi connectivity index (χ2n) is 6.21. The smallest absolute Gasteiger partial charge is 0.394 e. The maximum Gasteiger partial charge on any atom is 0.469 e. The second kappa shape index (κ2) is 19.9. The fourth-order valence-corrected chi connectivity index (χ4v) is 1.79. The van der Waals surface area contributed by atoms with E-state index in [1.165, 1.54) is 0 Å². The van der Waals surface area contributed by atoms with Crippen molar-refractivity contribution in [2.24, 2.45) is 0 Å². The minimum atomic E-state index is -4.80. The maximum absolute atomic E-state index is 10.2. The molecule has 0 amide bonds. The summed E-state index contributed by atoms with van der Waals surface area (Å²) in [6, 6.07) is 0. The lowest BCUT2D eigenvalue weighted by molar-refractivity contribution is -0.136. The molecule has 0 rings (SSSR count). The Labute approximate surface area is 191 Å². The topological polar surface area (TPSA) is 340 Å². The molecule has 0 saturated heterocycles. The molecule has 0 fully saturated rings. The Morgan fingerprint density at radius 1 is 0.618 bits per heavy atom. The van der Waals surface area contributed by atoms with Gasteiger partial charge in [0.25, 0.3) is 0 Å². The van der Waals surface area contributed by atoms with Crippen molar-refractivity contribution in [2.75, 3.05) is 19.8 Å². The van der Waals surface area contributed by atoms with Gasteiger partial charge in [0.15, 0.2) is 18.9 Å². The van der Waals surface area contributed by atoms with Gasteiger partial charge in [-0.3, -0.25) is 4.52 Å². The Morgan fingerprint density at radius 2 is 1.00 bits per heavy atom. The first-order chi connectivity index (χ1) is 15.5. The van der Waals surface area contributed by atoms with Crippen molar-refractivity contribution in [3.8, 4) is 0 Å². The predicted octanol–water partition coefficient (Wildman–Crippen LogP) is -8.10. The quantitative estimate of drug-likeness (QED) is 0.0732. The summed E-state index contributed by atoms with van der Waals surface area (Å²) in [5, 5.41) is 95.5. The molecule has 9 atom stereocenters. The van der Waals surface area contributed by atoms with Crippen LogP contribution in [0.15, 0.2) is 0 Å². The molecule has 0 saturated carbocycles. The zero-order valence-electron chi connectivity index (χ0n) is 17.4. The lowest BCUT2D eigenvalue weighted by atomic mass is 10.0. The highest BCUT2D eigenvalue weighted by Gasteiger charge is 2.32. The number of carbonyl (C=O) groups is 3. The van der Waals surface area contributed by atoms with Gasteiger partial charge in [0.1, 0.15) is 54.9 Å². The average molecular weight is 530 g/mol.